The summed E-state index contributed by atoms with van der Waals surface area (Å²) in [4.78, 5) is 0. The lowest BCUT2D eigenvalue weighted by Gasteiger charge is -2.08. The van der Waals surface area contributed by atoms with Gasteiger partial charge in [0.25, 0.3) is 0 Å². The molecule has 0 rings (SSSR count). The van der Waals surface area contributed by atoms with E-state index in [9.17, 15) is 0 Å². The summed E-state index contributed by atoms with van der Waals surface area (Å²) >= 11 is 0. The van der Waals surface area contributed by atoms with Gasteiger partial charge in [-0.05, 0) is 19.8 Å². The van der Waals surface area contributed by atoms with Crippen LogP contribution in [0.25, 0.3) is 0 Å². The van der Waals surface area contributed by atoms with Crippen LogP contribution in [0.2, 0.25) is 0 Å². The Kier molecular flexibility index (Phi) is 6.98. The number of nitrogens with two attached hydrogens (primary N) is 1. The Hall–Kier alpha value is -0.0800. The molecule has 0 aromatic carbocycles. The van der Waals surface area contributed by atoms with Gasteiger partial charge in [0.2, 0.25) is 0 Å². The van der Waals surface area contributed by atoms with Gasteiger partial charge in [-0.15, -0.1) is 0 Å². The first-order valence-corrected chi connectivity index (χ1v) is 4.14. The molecule has 0 aliphatic heterocycles. The van der Waals surface area contributed by atoms with E-state index in [4.69, 9.17) is 10.5 Å². The van der Waals surface area contributed by atoms with Crippen LogP contribution in [0.3, 0.4) is 0 Å². The van der Waals surface area contributed by atoms with E-state index in [0.29, 0.717) is 6.04 Å². The zero-order chi connectivity index (χ0) is 7.82. The van der Waals surface area contributed by atoms with Gasteiger partial charge in [-0.2, -0.15) is 0 Å². The maximum absolute atomic E-state index is 5.74. The molecule has 0 aromatic heterocycles. The van der Waals surface area contributed by atoms with Crippen LogP contribution in [0.15, 0.2) is 0 Å². The van der Waals surface area contributed by atoms with Gasteiger partial charge in [0.05, 0.1) is 0 Å². The number of hydrogen-bond acceptors (Lipinski definition) is 2. The Balaban J connectivity index is 2.97. The molecular formula is C8H19NO. The van der Waals surface area contributed by atoms with Crippen molar-refractivity contribution in [2.24, 2.45) is 5.73 Å². The van der Waals surface area contributed by atoms with Gasteiger partial charge in [-0.1, -0.05) is 13.3 Å². The van der Waals surface area contributed by atoms with E-state index in [-0.39, 0.29) is 0 Å². The Morgan fingerprint density at radius 2 is 2.00 bits per heavy atom. The third-order valence-electron chi connectivity index (χ3n) is 1.50. The van der Waals surface area contributed by atoms with Crippen molar-refractivity contribution in [2.45, 2.75) is 39.2 Å². The quantitative estimate of drug-likeness (QED) is 0.575. The monoisotopic (exact) mass is 145 g/mol. The first kappa shape index (κ1) is 9.92. The molecule has 0 saturated carbocycles. The molecule has 0 fully saturated rings. The largest absolute Gasteiger partial charge is 0.382 e. The highest BCUT2D eigenvalue weighted by Crippen LogP contribution is 1.97. The Bertz CT molecular complexity index is 66.3. The van der Waals surface area contributed by atoms with Gasteiger partial charge in [0, 0.05) is 19.3 Å². The molecule has 2 nitrogen and oxygen atoms in total. The van der Waals surface area contributed by atoms with E-state index in [1.54, 1.807) is 0 Å². The summed E-state index contributed by atoms with van der Waals surface area (Å²) in [6.45, 7) is 5.78. The van der Waals surface area contributed by atoms with Crippen molar-refractivity contribution in [3.8, 4) is 0 Å². The lowest BCUT2D eigenvalue weighted by molar-refractivity contribution is 0.139. The van der Waals surface area contributed by atoms with E-state index < -0.39 is 0 Å². The fourth-order valence-corrected chi connectivity index (χ4v) is 0.894. The highest BCUT2D eigenvalue weighted by Gasteiger charge is 1.98. The summed E-state index contributed by atoms with van der Waals surface area (Å²) < 4.78 is 5.17. The summed E-state index contributed by atoms with van der Waals surface area (Å²) in [6, 6.07) is 0.344. The van der Waals surface area contributed by atoms with Crippen LogP contribution in [0.1, 0.15) is 33.1 Å². The van der Waals surface area contributed by atoms with Crippen molar-refractivity contribution in [1.29, 1.82) is 0 Å². The van der Waals surface area contributed by atoms with Gasteiger partial charge in [0.15, 0.2) is 0 Å². The first-order valence-electron chi connectivity index (χ1n) is 4.14. The van der Waals surface area contributed by atoms with Gasteiger partial charge in [-0.25, -0.2) is 0 Å². The van der Waals surface area contributed by atoms with E-state index >= 15 is 0 Å². The van der Waals surface area contributed by atoms with E-state index in [0.717, 1.165) is 26.1 Å². The average Bonchev–Trinajstić information content (AvgIpc) is 1.89. The third-order valence-corrected chi connectivity index (χ3v) is 1.50. The van der Waals surface area contributed by atoms with Crippen LogP contribution in [-0.4, -0.2) is 19.3 Å². The third kappa shape index (κ3) is 6.05. The van der Waals surface area contributed by atoms with Crippen LogP contribution in [-0.2, 0) is 4.74 Å². The molecule has 0 saturated heterocycles. The molecule has 0 heterocycles. The second-order valence-electron chi connectivity index (χ2n) is 2.53. The molecule has 0 bridgehead atoms. The van der Waals surface area contributed by atoms with Crippen molar-refractivity contribution >= 4 is 0 Å². The highest BCUT2D eigenvalue weighted by atomic mass is 16.5. The van der Waals surface area contributed by atoms with Crippen molar-refractivity contribution < 1.29 is 4.74 Å². The molecule has 0 amide bonds. The van der Waals surface area contributed by atoms with Gasteiger partial charge < -0.3 is 10.5 Å². The number of hydrogen-bond donors (Lipinski definition) is 1. The van der Waals surface area contributed by atoms with Crippen molar-refractivity contribution in [3.05, 3.63) is 0 Å². The lowest BCUT2D eigenvalue weighted by Crippen LogP contribution is -2.21. The van der Waals surface area contributed by atoms with E-state index in [1.165, 1.54) is 6.42 Å². The molecule has 2 N–H and O–H groups in total. The SMILES string of the molecule is CCCC(N)CCOCC. The standard InChI is InChI=1S/C8H19NO/c1-3-5-8(9)6-7-10-4-2/h8H,3-7,9H2,1-2H3. The smallest absolute Gasteiger partial charge is 0.0480 e. The van der Waals surface area contributed by atoms with E-state index in [2.05, 4.69) is 6.92 Å². The topological polar surface area (TPSA) is 35.2 Å². The maximum atomic E-state index is 5.74. The molecule has 0 aliphatic carbocycles. The molecule has 1 atom stereocenters. The van der Waals surface area contributed by atoms with Gasteiger partial charge in [-0.3, -0.25) is 0 Å². The Morgan fingerprint density at radius 1 is 1.30 bits per heavy atom. The molecular weight excluding hydrogens is 126 g/mol. The zero-order valence-corrected chi connectivity index (χ0v) is 7.10. The fraction of sp³-hybridized carbons (Fsp3) is 1.00. The molecule has 10 heavy (non-hydrogen) atoms. The van der Waals surface area contributed by atoms with Gasteiger partial charge in [0.1, 0.15) is 0 Å². The summed E-state index contributed by atoms with van der Waals surface area (Å²) in [5.41, 5.74) is 5.74. The molecule has 0 radical (unpaired) electrons. The molecule has 1 unspecified atom stereocenters. The minimum absolute atomic E-state index is 0.344. The molecule has 0 aromatic rings. The minimum Gasteiger partial charge on any atom is -0.382 e. The second kappa shape index (κ2) is 7.03. The molecule has 0 aliphatic rings. The normalized spacial score (nSPS) is 13.5. The van der Waals surface area contributed by atoms with Crippen LogP contribution >= 0.6 is 0 Å². The summed E-state index contributed by atoms with van der Waals surface area (Å²) in [5.74, 6) is 0. The summed E-state index contributed by atoms with van der Waals surface area (Å²) in [5, 5.41) is 0. The number of ether oxygens (including phenoxy) is 1. The predicted molar refractivity (Wildman–Crippen MR) is 44.0 cm³/mol. The molecule has 2 heteroatoms. The first-order chi connectivity index (χ1) is 4.81. The maximum Gasteiger partial charge on any atom is 0.0480 e. The number of rotatable bonds is 6. The Morgan fingerprint density at radius 3 is 2.50 bits per heavy atom. The summed E-state index contributed by atoms with van der Waals surface area (Å²) in [7, 11) is 0. The average molecular weight is 145 g/mol. The fourth-order valence-electron chi connectivity index (χ4n) is 0.894. The van der Waals surface area contributed by atoms with Crippen molar-refractivity contribution in [3.63, 3.8) is 0 Å². The van der Waals surface area contributed by atoms with Crippen molar-refractivity contribution in [2.75, 3.05) is 13.2 Å². The zero-order valence-electron chi connectivity index (χ0n) is 7.10. The molecule has 0 spiro atoms. The lowest BCUT2D eigenvalue weighted by atomic mass is 10.1. The van der Waals surface area contributed by atoms with E-state index in [1.807, 2.05) is 6.92 Å². The Labute approximate surface area is 63.7 Å². The van der Waals surface area contributed by atoms with Crippen molar-refractivity contribution in [1.82, 2.24) is 0 Å². The molecule has 62 valence electrons. The van der Waals surface area contributed by atoms with Crippen LogP contribution < -0.4 is 5.73 Å². The van der Waals surface area contributed by atoms with Crippen LogP contribution in [0, 0.1) is 0 Å². The van der Waals surface area contributed by atoms with Gasteiger partial charge >= 0.3 is 0 Å². The van der Waals surface area contributed by atoms with Crippen LogP contribution in [0.5, 0.6) is 0 Å². The van der Waals surface area contributed by atoms with Crippen LogP contribution in [0.4, 0.5) is 0 Å². The summed E-state index contributed by atoms with van der Waals surface area (Å²) in [6.07, 6.45) is 3.29. The second-order valence-corrected chi connectivity index (χ2v) is 2.53. The highest BCUT2D eigenvalue weighted by molar-refractivity contribution is 4.58. The minimum atomic E-state index is 0.344. The predicted octanol–water partition coefficient (Wildman–Crippen LogP) is 1.54.